The molecule has 0 aliphatic heterocycles. The molecule has 19 heavy (non-hydrogen) atoms. The van der Waals surface area contributed by atoms with Crippen molar-refractivity contribution in [1.82, 2.24) is 4.98 Å². The van der Waals surface area contributed by atoms with Gasteiger partial charge < -0.3 is 11.1 Å². The molecule has 3 N–H and O–H groups in total. The number of benzene rings is 1. The van der Waals surface area contributed by atoms with E-state index < -0.39 is 0 Å². The van der Waals surface area contributed by atoms with Crippen molar-refractivity contribution in [2.75, 3.05) is 11.9 Å². The lowest BCUT2D eigenvalue weighted by molar-refractivity contribution is 0.339. The van der Waals surface area contributed by atoms with Crippen molar-refractivity contribution in [3.05, 3.63) is 36.5 Å². The molecular formula is C16H21N3. The number of anilines is 1. The number of fused-ring (bicyclic) bond motifs is 1. The topological polar surface area (TPSA) is 50.9 Å². The summed E-state index contributed by atoms with van der Waals surface area (Å²) in [5.41, 5.74) is 8.20. The number of hydrogen-bond acceptors (Lipinski definition) is 3. The molecule has 1 heterocycles. The Labute approximate surface area is 114 Å². The van der Waals surface area contributed by atoms with Crippen LogP contribution in [0.3, 0.4) is 0 Å². The first-order valence-corrected chi connectivity index (χ1v) is 7.16. The molecule has 0 bridgehead atoms. The Bertz CT molecular complexity index is 539. The van der Waals surface area contributed by atoms with Crippen LogP contribution in [0.25, 0.3) is 10.9 Å². The molecule has 1 aromatic carbocycles. The van der Waals surface area contributed by atoms with E-state index in [0.717, 1.165) is 18.0 Å². The van der Waals surface area contributed by atoms with E-state index in [2.05, 4.69) is 34.6 Å². The Balaban J connectivity index is 1.68. The summed E-state index contributed by atoms with van der Waals surface area (Å²) in [5.74, 6) is 0.756. The van der Waals surface area contributed by atoms with E-state index in [1.54, 1.807) is 0 Å². The van der Waals surface area contributed by atoms with Gasteiger partial charge in [-0.25, -0.2) is 0 Å². The summed E-state index contributed by atoms with van der Waals surface area (Å²) >= 11 is 0. The highest BCUT2D eigenvalue weighted by atomic mass is 14.9. The van der Waals surface area contributed by atoms with Crippen LogP contribution >= 0.6 is 0 Å². The summed E-state index contributed by atoms with van der Waals surface area (Å²) in [5, 5.41) is 4.80. The van der Waals surface area contributed by atoms with Gasteiger partial charge in [0, 0.05) is 29.9 Å². The van der Waals surface area contributed by atoms with Crippen molar-refractivity contribution < 1.29 is 0 Å². The van der Waals surface area contributed by atoms with E-state index in [4.69, 9.17) is 5.73 Å². The first kappa shape index (κ1) is 12.4. The molecule has 0 amide bonds. The molecule has 1 aromatic heterocycles. The van der Waals surface area contributed by atoms with Gasteiger partial charge in [-0.3, -0.25) is 4.98 Å². The van der Waals surface area contributed by atoms with Crippen molar-refractivity contribution in [2.24, 2.45) is 11.7 Å². The van der Waals surface area contributed by atoms with Gasteiger partial charge in [0.25, 0.3) is 0 Å². The molecule has 1 aliphatic rings. The van der Waals surface area contributed by atoms with Crippen LogP contribution in [-0.2, 0) is 0 Å². The predicted molar refractivity (Wildman–Crippen MR) is 80.2 cm³/mol. The summed E-state index contributed by atoms with van der Waals surface area (Å²) in [6.07, 6.45) is 6.68. The smallest absolute Gasteiger partial charge is 0.0722 e. The third-order valence-corrected chi connectivity index (χ3v) is 4.12. The van der Waals surface area contributed by atoms with Crippen molar-refractivity contribution in [1.29, 1.82) is 0 Å². The molecule has 100 valence electrons. The fraction of sp³-hybridized carbons (Fsp3) is 0.438. The standard InChI is InChI=1S/C16H21N3/c17-13-8-6-12(7-9-13)11-19-16-5-1-4-15-14(16)3-2-10-18-15/h1-5,10,12-13,19H,6-9,11,17H2/t12-,13-. The summed E-state index contributed by atoms with van der Waals surface area (Å²) in [4.78, 5) is 4.39. The average Bonchev–Trinajstić information content (AvgIpc) is 2.47. The van der Waals surface area contributed by atoms with Gasteiger partial charge in [-0.05, 0) is 55.9 Å². The number of nitrogens with zero attached hydrogens (tertiary/aromatic N) is 1. The molecular weight excluding hydrogens is 234 g/mol. The van der Waals surface area contributed by atoms with Gasteiger partial charge in [0.2, 0.25) is 0 Å². The van der Waals surface area contributed by atoms with Crippen LogP contribution in [0.2, 0.25) is 0 Å². The second-order valence-electron chi connectivity index (χ2n) is 5.54. The number of aromatic nitrogens is 1. The van der Waals surface area contributed by atoms with E-state index >= 15 is 0 Å². The Morgan fingerprint density at radius 1 is 1.11 bits per heavy atom. The normalized spacial score (nSPS) is 23.4. The van der Waals surface area contributed by atoms with Crippen molar-refractivity contribution in [3.8, 4) is 0 Å². The zero-order valence-electron chi connectivity index (χ0n) is 11.2. The van der Waals surface area contributed by atoms with E-state index in [1.165, 1.54) is 36.8 Å². The molecule has 0 saturated heterocycles. The lowest BCUT2D eigenvalue weighted by Gasteiger charge is -2.26. The highest BCUT2D eigenvalue weighted by Gasteiger charge is 2.18. The van der Waals surface area contributed by atoms with Crippen LogP contribution in [0, 0.1) is 5.92 Å². The van der Waals surface area contributed by atoms with E-state index in [9.17, 15) is 0 Å². The molecule has 0 radical (unpaired) electrons. The van der Waals surface area contributed by atoms with Crippen LogP contribution in [0.5, 0.6) is 0 Å². The molecule has 1 aliphatic carbocycles. The summed E-state index contributed by atoms with van der Waals surface area (Å²) in [6, 6.07) is 10.8. The molecule has 3 nitrogen and oxygen atoms in total. The maximum absolute atomic E-state index is 5.95. The Kier molecular flexibility index (Phi) is 3.65. The zero-order valence-corrected chi connectivity index (χ0v) is 11.2. The lowest BCUT2D eigenvalue weighted by atomic mass is 9.86. The minimum atomic E-state index is 0.429. The number of nitrogens with one attached hydrogen (secondary N) is 1. The van der Waals surface area contributed by atoms with Crippen LogP contribution < -0.4 is 11.1 Å². The quantitative estimate of drug-likeness (QED) is 0.885. The number of rotatable bonds is 3. The molecule has 0 spiro atoms. The van der Waals surface area contributed by atoms with Gasteiger partial charge >= 0.3 is 0 Å². The molecule has 0 unspecified atom stereocenters. The van der Waals surface area contributed by atoms with Gasteiger partial charge in [-0.15, -0.1) is 0 Å². The first-order chi connectivity index (χ1) is 9.33. The summed E-state index contributed by atoms with van der Waals surface area (Å²) in [7, 11) is 0. The van der Waals surface area contributed by atoms with Crippen molar-refractivity contribution >= 4 is 16.6 Å². The highest BCUT2D eigenvalue weighted by Crippen LogP contribution is 2.26. The monoisotopic (exact) mass is 255 g/mol. The first-order valence-electron chi connectivity index (χ1n) is 7.16. The van der Waals surface area contributed by atoms with Crippen LogP contribution in [0.4, 0.5) is 5.69 Å². The average molecular weight is 255 g/mol. The maximum atomic E-state index is 5.95. The van der Waals surface area contributed by atoms with E-state index in [1.807, 2.05) is 12.3 Å². The van der Waals surface area contributed by atoms with Gasteiger partial charge in [-0.1, -0.05) is 6.07 Å². The highest BCUT2D eigenvalue weighted by molar-refractivity contribution is 5.91. The van der Waals surface area contributed by atoms with Gasteiger partial charge in [-0.2, -0.15) is 0 Å². The second kappa shape index (κ2) is 5.57. The number of hydrogen-bond donors (Lipinski definition) is 2. The van der Waals surface area contributed by atoms with Crippen molar-refractivity contribution in [2.45, 2.75) is 31.7 Å². The molecule has 2 aromatic rings. The predicted octanol–water partition coefficient (Wildman–Crippen LogP) is 3.16. The van der Waals surface area contributed by atoms with Gasteiger partial charge in [0.15, 0.2) is 0 Å². The van der Waals surface area contributed by atoms with Crippen LogP contribution in [0.1, 0.15) is 25.7 Å². The van der Waals surface area contributed by atoms with E-state index in [0.29, 0.717) is 6.04 Å². The summed E-state index contributed by atoms with van der Waals surface area (Å²) < 4.78 is 0. The zero-order chi connectivity index (χ0) is 13.1. The fourth-order valence-electron chi connectivity index (χ4n) is 2.90. The summed E-state index contributed by atoms with van der Waals surface area (Å²) in [6.45, 7) is 1.04. The van der Waals surface area contributed by atoms with Crippen molar-refractivity contribution in [3.63, 3.8) is 0 Å². The minimum absolute atomic E-state index is 0.429. The SMILES string of the molecule is N[C@H]1CC[C@H](CNc2cccc3ncccc23)CC1. The largest absolute Gasteiger partial charge is 0.384 e. The lowest BCUT2D eigenvalue weighted by Crippen LogP contribution is -2.29. The van der Waals surface area contributed by atoms with Crippen LogP contribution in [-0.4, -0.2) is 17.6 Å². The second-order valence-corrected chi connectivity index (χ2v) is 5.54. The Morgan fingerprint density at radius 2 is 1.95 bits per heavy atom. The van der Waals surface area contributed by atoms with Gasteiger partial charge in [0.1, 0.15) is 0 Å². The third-order valence-electron chi connectivity index (χ3n) is 4.12. The molecule has 1 saturated carbocycles. The maximum Gasteiger partial charge on any atom is 0.0722 e. The molecule has 0 atom stereocenters. The minimum Gasteiger partial charge on any atom is -0.384 e. The molecule has 3 heteroatoms. The van der Waals surface area contributed by atoms with E-state index in [-0.39, 0.29) is 0 Å². The fourth-order valence-corrected chi connectivity index (χ4v) is 2.90. The third kappa shape index (κ3) is 2.87. The Morgan fingerprint density at radius 3 is 2.79 bits per heavy atom. The molecule has 3 rings (SSSR count). The van der Waals surface area contributed by atoms with Gasteiger partial charge in [0.05, 0.1) is 5.52 Å². The number of pyridine rings is 1. The van der Waals surface area contributed by atoms with Crippen LogP contribution in [0.15, 0.2) is 36.5 Å². The Hall–Kier alpha value is -1.61. The number of nitrogens with two attached hydrogens (primary N) is 1. The molecule has 1 fully saturated rings.